The van der Waals surface area contributed by atoms with Gasteiger partial charge in [-0.1, -0.05) is 12.8 Å². The van der Waals surface area contributed by atoms with Gasteiger partial charge in [-0.2, -0.15) is 0 Å². The summed E-state index contributed by atoms with van der Waals surface area (Å²) in [4.78, 5) is 31.0. The minimum atomic E-state index is 0.0393. The summed E-state index contributed by atoms with van der Waals surface area (Å²) in [5.41, 5.74) is 0.786. The molecule has 2 amide bonds. The molecule has 5 nitrogen and oxygen atoms in total. The van der Waals surface area contributed by atoms with Crippen LogP contribution in [0.4, 0.5) is 5.69 Å². The Hall–Kier alpha value is -1.91. The smallest absolute Gasteiger partial charge is 0.228 e. The summed E-state index contributed by atoms with van der Waals surface area (Å²) < 4.78 is 0. The zero-order valence-electron chi connectivity index (χ0n) is 14.0. The number of nitrogens with zero attached hydrogens (tertiary/aromatic N) is 2. The third-order valence-corrected chi connectivity index (χ3v) is 6.11. The lowest BCUT2D eigenvalue weighted by molar-refractivity contribution is -0.131. The van der Waals surface area contributed by atoms with Crippen LogP contribution >= 0.6 is 0 Å². The van der Waals surface area contributed by atoms with Gasteiger partial charge in [0.2, 0.25) is 11.8 Å². The number of carbonyl (C=O) groups is 2. The summed E-state index contributed by atoms with van der Waals surface area (Å²) in [6, 6.07) is 3.67. The Morgan fingerprint density at radius 2 is 2.17 bits per heavy atom. The van der Waals surface area contributed by atoms with Crippen LogP contribution in [0.25, 0.3) is 0 Å². The molecule has 0 aromatic carbocycles. The standard InChI is InChI=1S/C19H25N3O2/c23-17(10-14-4-1-2-5-14)22-9-7-19(13-22)11-16(19)18(24)21-15-6-3-8-20-12-15/h3,6,8,12,14,16H,1-2,4-5,7,9-11,13H2,(H,21,24)/t16-,19-/m1/s1. The lowest BCUT2D eigenvalue weighted by Gasteiger charge is -2.19. The molecule has 0 radical (unpaired) electrons. The Kier molecular flexibility index (Phi) is 4.02. The van der Waals surface area contributed by atoms with E-state index in [1.807, 2.05) is 17.0 Å². The Morgan fingerprint density at radius 3 is 2.92 bits per heavy atom. The van der Waals surface area contributed by atoms with E-state index in [0.717, 1.165) is 31.6 Å². The molecular formula is C19H25N3O2. The van der Waals surface area contributed by atoms with E-state index in [1.165, 1.54) is 25.7 Å². The van der Waals surface area contributed by atoms with Gasteiger partial charge in [-0.05, 0) is 43.7 Å². The second-order valence-electron chi connectivity index (χ2n) is 7.77. The quantitative estimate of drug-likeness (QED) is 0.925. The first-order valence-corrected chi connectivity index (χ1v) is 9.15. The number of rotatable bonds is 4. The van der Waals surface area contributed by atoms with Crippen molar-refractivity contribution >= 4 is 17.5 Å². The number of pyridine rings is 1. The number of nitrogens with one attached hydrogen (secondary N) is 1. The molecule has 1 saturated heterocycles. The third kappa shape index (κ3) is 3.04. The minimum absolute atomic E-state index is 0.0393. The molecule has 2 heterocycles. The van der Waals surface area contributed by atoms with E-state index in [-0.39, 0.29) is 17.2 Å². The molecule has 0 unspecified atom stereocenters. The molecule has 2 atom stereocenters. The molecule has 1 aromatic heterocycles. The molecule has 1 aliphatic heterocycles. The number of anilines is 1. The van der Waals surface area contributed by atoms with Gasteiger partial charge in [0.15, 0.2) is 0 Å². The Morgan fingerprint density at radius 1 is 1.33 bits per heavy atom. The Bertz CT molecular complexity index is 627. The molecular weight excluding hydrogens is 302 g/mol. The van der Waals surface area contributed by atoms with E-state index in [9.17, 15) is 9.59 Å². The van der Waals surface area contributed by atoms with Gasteiger partial charge in [0.25, 0.3) is 0 Å². The monoisotopic (exact) mass is 327 g/mol. The van der Waals surface area contributed by atoms with Gasteiger partial charge in [0.1, 0.15) is 0 Å². The van der Waals surface area contributed by atoms with Crippen molar-refractivity contribution in [3.63, 3.8) is 0 Å². The predicted molar refractivity (Wildman–Crippen MR) is 91.2 cm³/mol. The molecule has 1 N–H and O–H groups in total. The SMILES string of the molecule is O=C(Nc1cccnc1)[C@H]1C[C@@]12CCN(C(=O)CC1CCCC1)C2. The summed E-state index contributed by atoms with van der Waals surface area (Å²) in [5.74, 6) is 1.02. The number of likely N-dealkylation sites (tertiary alicyclic amines) is 1. The van der Waals surface area contributed by atoms with Crippen LogP contribution in [0, 0.1) is 17.3 Å². The first-order chi connectivity index (χ1) is 11.7. The molecule has 1 aromatic rings. The van der Waals surface area contributed by atoms with Gasteiger partial charge in [-0.3, -0.25) is 14.6 Å². The highest BCUT2D eigenvalue weighted by molar-refractivity contribution is 5.95. The average Bonchev–Trinajstić information content (AvgIpc) is 2.90. The molecule has 128 valence electrons. The van der Waals surface area contributed by atoms with Crippen molar-refractivity contribution in [3.8, 4) is 0 Å². The minimum Gasteiger partial charge on any atom is -0.342 e. The van der Waals surface area contributed by atoms with Gasteiger partial charge in [-0.15, -0.1) is 0 Å². The van der Waals surface area contributed by atoms with E-state index in [4.69, 9.17) is 0 Å². The van der Waals surface area contributed by atoms with E-state index < -0.39 is 0 Å². The predicted octanol–water partition coefficient (Wildman–Crippen LogP) is 2.84. The zero-order chi connectivity index (χ0) is 16.6. The number of aromatic nitrogens is 1. The molecule has 5 heteroatoms. The molecule has 24 heavy (non-hydrogen) atoms. The Balaban J connectivity index is 1.30. The van der Waals surface area contributed by atoms with Gasteiger partial charge >= 0.3 is 0 Å². The molecule has 3 fully saturated rings. The van der Waals surface area contributed by atoms with Crippen molar-refractivity contribution in [3.05, 3.63) is 24.5 Å². The fourth-order valence-electron chi connectivity index (χ4n) is 4.53. The highest BCUT2D eigenvalue weighted by atomic mass is 16.2. The maximum absolute atomic E-state index is 12.5. The van der Waals surface area contributed by atoms with Crippen LogP contribution in [0.2, 0.25) is 0 Å². The van der Waals surface area contributed by atoms with Gasteiger partial charge in [0.05, 0.1) is 11.9 Å². The first-order valence-electron chi connectivity index (χ1n) is 9.15. The summed E-state index contributed by atoms with van der Waals surface area (Å²) in [7, 11) is 0. The number of hydrogen-bond donors (Lipinski definition) is 1. The van der Waals surface area contributed by atoms with Gasteiger partial charge in [0, 0.05) is 37.0 Å². The van der Waals surface area contributed by atoms with Crippen LogP contribution in [0.15, 0.2) is 24.5 Å². The number of hydrogen-bond acceptors (Lipinski definition) is 3. The molecule has 1 spiro atoms. The van der Waals surface area contributed by atoms with Crippen molar-refractivity contribution in [2.75, 3.05) is 18.4 Å². The molecule has 0 bridgehead atoms. The highest BCUT2D eigenvalue weighted by Gasteiger charge is 2.61. The zero-order valence-corrected chi connectivity index (χ0v) is 14.0. The van der Waals surface area contributed by atoms with Crippen LogP contribution < -0.4 is 5.32 Å². The number of carbonyl (C=O) groups excluding carboxylic acids is 2. The van der Waals surface area contributed by atoms with Gasteiger partial charge in [-0.25, -0.2) is 0 Å². The summed E-state index contributed by atoms with van der Waals surface area (Å²) in [6.07, 6.45) is 10.9. The van der Waals surface area contributed by atoms with E-state index in [0.29, 0.717) is 18.2 Å². The third-order valence-electron chi connectivity index (χ3n) is 6.11. The summed E-state index contributed by atoms with van der Waals surface area (Å²) in [6.45, 7) is 1.59. The second kappa shape index (κ2) is 6.19. The lowest BCUT2D eigenvalue weighted by Crippen LogP contribution is -2.31. The average molecular weight is 327 g/mol. The van der Waals surface area contributed by atoms with E-state index >= 15 is 0 Å². The van der Waals surface area contributed by atoms with Crippen molar-refractivity contribution in [1.82, 2.24) is 9.88 Å². The Labute approximate surface area is 142 Å². The van der Waals surface area contributed by atoms with Crippen LogP contribution in [-0.2, 0) is 9.59 Å². The largest absolute Gasteiger partial charge is 0.342 e. The number of amides is 2. The van der Waals surface area contributed by atoms with Crippen molar-refractivity contribution in [2.24, 2.45) is 17.3 Å². The van der Waals surface area contributed by atoms with E-state index in [1.54, 1.807) is 12.4 Å². The molecule has 2 saturated carbocycles. The van der Waals surface area contributed by atoms with Crippen LogP contribution in [0.1, 0.15) is 44.9 Å². The summed E-state index contributed by atoms with van der Waals surface area (Å²) in [5, 5.41) is 2.95. The van der Waals surface area contributed by atoms with Crippen LogP contribution in [0.3, 0.4) is 0 Å². The second-order valence-corrected chi connectivity index (χ2v) is 7.77. The van der Waals surface area contributed by atoms with Crippen molar-refractivity contribution < 1.29 is 9.59 Å². The van der Waals surface area contributed by atoms with Crippen molar-refractivity contribution in [1.29, 1.82) is 0 Å². The van der Waals surface area contributed by atoms with Crippen molar-refractivity contribution in [2.45, 2.75) is 44.9 Å². The summed E-state index contributed by atoms with van der Waals surface area (Å²) >= 11 is 0. The van der Waals surface area contributed by atoms with Crippen LogP contribution in [0.5, 0.6) is 0 Å². The maximum Gasteiger partial charge on any atom is 0.228 e. The lowest BCUT2D eigenvalue weighted by atomic mass is 10.0. The molecule has 2 aliphatic carbocycles. The first kappa shape index (κ1) is 15.6. The highest BCUT2D eigenvalue weighted by Crippen LogP contribution is 2.58. The topological polar surface area (TPSA) is 62.3 Å². The fraction of sp³-hybridized carbons (Fsp3) is 0.632. The maximum atomic E-state index is 12.5. The normalized spacial score (nSPS) is 29.2. The molecule has 3 aliphatic rings. The molecule has 4 rings (SSSR count). The van der Waals surface area contributed by atoms with Gasteiger partial charge < -0.3 is 10.2 Å². The fourth-order valence-corrected chi connectivity index (χ4v) is 4.53. The van der Waals surface area contributed by atoms with Crippen LogP contribution in [-0.4, -0.2) is 34.8 Å². The van der Waals surface area contributed by atoms with E-state index in [2.05, 4.69) is 10.3 Å².